The molecule has 1 N–H and O–H groups in total. The highest BCUT2D eigenvalue weighted by atomic mass is 16.5. The zero-order valence-corrected chi connectivity index (χ0v) is 8.22. The average molecular weight is 204 g/mol. The minimum atomic E-state index is -0.902. The van der Waals surface area contributed by atoms with Crippen LogP contribution in [0.25, 0.3) is 0 Å². The first-order valence-electron chi connectivity index (χ1n) is 4.56. The van der Waals surface area contributed by atoms with Gasteiger partial charge in [-0.25, -0.2) is 0 Å². The molecule has 0 saturated carbocycles. The van der Waals surface area contributed by atoms with E-state index in [-0.39, 0.29) is 13.0 Å². The summed E-state index contributed by atoms with van der Waals surface area (Å²) in [7, 11) is 0. The molecule has 0 fully saturated rings. The molecule has 0 aliphatic heterocycles. The Bertz CT molecular complexity index is 351. The van der Waals surface area contributed by atoms with Gasteiger partial charge in [-0.1, -0.05) is 36.3 Å². The van der Waals surface area contributed by atoms with Gasteiger partial charge in [0.25, 0.3) is 0 Å². The monoisotopic (exact) mass is 204 g/mol. The maximum absolute atomic E-state index is 10.6. The van der Waals surface area contributed by atoms with E-state index < -0.39 is 12.1 Å². The number of rotatable bonds is 5. The summed E-state index contributed by atoms with van der Waals surface area (Å²) in [6, 6.07) is 9.18. The number of ether oxygens (including phenoxy) is 1. The van der Waals surface area contributed by atoms with Crippen molar-refractivity contribution < 1.29 is 14.6 Å². The lowest BCUT2D eigenvalue weighted by Crippen LogP contribution is -2.10. The minimum absolute atomic E-state index is 0.0777. The number of carbonyl (C=O) groups is 1. The lowest BCUT2D eigenvalue weighted by atomic mass is 10.1. The van der Waals surface area contributed by atoms with E-state index in [4.69, 9.17) is 16.3 Å². The first kappa shape index (κ1) is 11.3. The lowest BCUT2D eigenvalue weighted by molar-refractivity contribution is -0.140. The van der Waals surface area contributed by atoms with Crippen molar-refractivity contribution in [1.82, 2.24) is 0 Å². The van der Waals surface area contributed by atoms with Gasteiger partial charge >= 0.3 is 5.97 Å². The topological polar surface area (TPSA) is 46.5 Å². The highest BCUT2D eigenvalue weighted by Gasteiger charge is 2.15. The standard InChI is InChI=1S/C12H12O3/c1-2-8-15-11(9-12(13)14)10-6-4-3-5-7-10/h1,3-7,11H,8-9H2,(H,13,14). The second kappa shape index (κ2) is 5.84. The minimum Gasteiger partial charge on any atom is -0.481 e. The summed E-state index contributed by atoms with van der Waals surface area (Å²) in [4.78, 5) is 10.6. The van der Waals surface area contributed by atoms with Gasteiger partial charge in [-0.05, 0) is 5.56 Å². The molecule has 0 aromatic heterocycles. The molecule has 1 atom stereocenters. The van der Waals surface area contributed by atoms with Gasteiger partial charge in [0.15, 0.2) is 0 Å². The van der Waals surface area contributed by atoms with Crippen molar-refractivity contribution in [3.8, 4) is 12.3 Å². The van der Waals surface area contributed by atoms with Crippen molar-refractivity contribution in [3.63, 3.8) is 0 Å². The normalized spacial score (nSPS) is 11.7. The van der Waals surface area contributed by atoms with Gasteiger partial charge < -0.3 is 9.84 Å². The predicted molar refractivity (Wildman–Crippen MR) is 56.2 cm³/mol. The van der Waals surface area contributed by atoms with Gasteiger partial charge in [0, 0.05) is 0 Å². The van der Waals surface area contributed by atoms with Crippen LogP contribution in [0.1, 0.15) is 18.1 Å². The highest BCUT2D eigenvalue weighted by Crippen LogP contribution is 2.20. The van der Waals surface area contributed by atoms with E-state index in [9.17, 15) is 4.79 Å². The molecule has 15 heavy (non-hydrogen) atoms. The van der Waals surface area contributed by atoms with Gasteiger partial charge in [-0.15, -0.1) is 6.42 Å². The molecule has 0 aliphatic carbocycles. The molecular weight excluding hydrogens is 192 g/mol. The van der Waals surface area contributed by atoms with Crippen LogP contribution in [0, 0.1) is 12.3 Å². The summed E-state index contributed by atoms with van der Waals surface area (Å²) < 4.78 is 5.27. The maximum atomic E-state index is 10.6. The van der Waals surface area contributed by atoms with Gasteiger partial charge in [-0.2, -0.15) is 0 Å². The Labute approximate surface area is 88.7 Å². The lowest BCUT2D eigenvalue weighted by Gasteiger charge is -2.14. The van der Waals surface area contributed by atoms with E-state index in [1.807, 2.05) is 30.3 Å². The van der Waals surface area contributed by atoms with Gasteiger partial charge in [0.2, 0.25) is 0 Å². The van der Waals surface area contributed by atoms with E-state index in [1.54, 1.807) is 0 Å². The number of aliphatic carboxylic acids is 1. The summed E-state index contributed by atoms with van der Waals surface area (Å²) in [5, 5.41) is 8.71. The van der Waals surface area contributed by atoms with Crippen LogP contribution in [-0.2, 0) is 9.53 Å². The van der Waals surface area contributed by atoms with Crippen molar-refractivity contribution in [3.05, 3.63) is 35.9 Å². The van der Waals surface area contributed by atoms with Crippen LogP contribution in [-0.4, -0.2) is 17.7 Å². The molecule has 1 aromatic rings. The Morgan fingerprint density at radius 1 is 1.47 bits per heavy atom. The molecule has 0 bridgehead atoms. The highest BCUT2D eigenvalue weighted by molar-refractivity contribution is 5.67. The number of benzene rings is 1. The third-order valence-electron chi connectivity index (χ3n) is 1.90. The van der Waals surface area contributed by atoms with E-state index in [1.165, 1.54) is 0 Å². The molecule has 0 saturated heterocycles. The molecule has 78 valence electrons. The predicted octanol–water partition coefficient (Wildman–Crippen LogP) is 1.85. The first-order valence-corrected chi connectivity index (χ1v) is 4.56. The fourth-order valence-electron chi connectivity index (χ4n) is 1.25. The van der Waals surface area contributed by atoms with Crippen LogP contribution in [0.5, 0.6) is 0 Å². The molecule has 0 amide bonds. The molecule has 0 spiro atoms. The molecular formula is C12H12O3. The molecule has 1 unspecified atom stereocenters. The molecule has 0 heterocycles. The largest absolute Gasteiger partial charge is 0.481 e. The van der Waals surface area contributed by atoms with Gasteiger partial charge in [-0.3, -0.25) is 4.79 Å². The summed E-state index contributed by atoms with van der Waals surface area (Å²) in [5.74, 6) is 1.42. The Balaban J connectivity index is 2.72. The van der Waals surface area contributed by atoms with Crippen LogP contribution in [0.4, 0.5) is 0 Å². The molecule has 0 radical (unpaired) electrons. The zero-order chi connectivity index (χ0) is 11.1. The molecule has 1 aromatic carbocycles. The van der Waals surface area contributed by atoms with E-state index in [2.05, 4.69) is 5.92 Å². The first-order chi connectivity index (χ1) is 7.24. The van der Waals surface area contributed by atoms with Gasteiger partial charge in [0.1, 0.15) is 6.61 Å². The maximum Gasteiger partial charge on any atom is 0.306 e. The second-order valence-corrected chi connectivity index (χ2v) is 3.01. The number of hydrogen-bond acceptors (Lipinski definition) is 2. The quantitative estimate of drug-likeness (QED) is 0.744. The summed E-state index contributed by atoms with van der Waals surface area (Å²) >= 11 is 0. The van der Waals surface area contributed by atoms with Crippen molar-refractivity contribution in [2.75, 3.05) is 6.61 Å². The third kappa shape index (κ3) is 3.84. The molecule has 0 aliphatic rings. The van der Waals surface area contributed by atoms with Crippen LogP contribution in [0.2, 0.25) is 0 Å². The Morgan fingerprint density at radius 3 is 2.67 bits per heavy atom. The summed E-state index contributed by atoms with van der Waals surface area (Å²) in [5.41, 5.74) is 0.829. The number of hydrogen-bond donors (Lipinski definition) is 1. The second-order valence-electron chi connectivity index (χ2n) is 3.01. The number of terminal acetylenes is 1. The zero-order valence-electron chi connectivity index (χ0n) is 8.22. The Hall–Kier alpha value is -1.79. The molecule has 3 nitrogen and oxygen atoms in total. The van der Waals surface area contributed by atoms with Crippen molar-refractivity contribution in [1.29, 1.82) is 0 Å². The fraction of sp³-hybridized carbons (Fsp3) is 0.250. The van der Waals surface area contributed by atoms with Crippen molar-refractivity contribution in [2.24, 2.45) is 0 Å². The van der Waals surface area contributed by atoms with Crippen LogP contribution in [0.3, 0.4) is 0 Å². The van der Waals surface area contributed by atoms with Crippen molar-refractivity contribution in [2.45, 2.75) is 12.5 Å². The smallest absolute Gasteiger partial charge is 0.306 e. The Kier molecular flexibility index (Phi) is 4.39. The Morgan fingerprint density at radius 2 is 2.13 bits per heavy atom. The van der Waals surface area contributed by atoms with E-state index in [0.29, 0.717) is 0 Å². The third-order valence-corrected chi connectivity index (χ3v) is 1.90. The summed E-state index contributed by atoms with van der Waals surface area (Å²) in [6.07, 6.45) is 4.51. The van der Waals surface area contributed by atoms with E-state index in [0.717, 1.165) is 5.56 Å². The van der Waals surface area contributed by atoms with Crippen LogP contribution in [0.15, 0.2) is 30.3 Å². The van der Waals surface area contributed by atoms with Crippen LogP contribution < -0.4 is 0 Å². The summed E-state index contributed by atoms with van der Waals surface area (Å²) in [6.45, 7) is 0.118. The fourth-order valence-corrected chi connectivity index (χ4v) is 1.25. The molecule has 1 rings (SSSR count). The van der Waals surface area contributed by atoms with Crippen LogP contribution >= 0.6 is 0 Å². The molecule has 3 heteroatoms. The van der Waals surface area contributed by atoms with Gasteiger partial charge in [0.05, 0.1) is 12.5 Å². The number of carboxylic acids is 1. The number of carboxylic acid groups (broad SMARTS) is 1. The SMILES string of the molecule is C#CCOC(CC(=O)O)c1ccccc1. The average Bonchev–Trinajstić information content (AvgIpc) is 2.25. The van der Waals surface area contributed by atoms with E-state index >= 15 is 0 Å². The van der Waals surface area contributed by atoms with Crippen molar-refractivity contribution >= 4 is 5.97 Å².